The maximum atomic E-state index is 6.17. The number of hydrogen-bond donors (Lipinski definition) is 1. The van der Waals surface area contributed by atoms with Crippen molar-refractivity contribution in [2.45, 2.75) is 13.0 Å². The van der Waals surface area contributed by atoms with E-state index in [9.17, 15) is 0 Å². The van der Waals surface area contributed by atoms with E-state index in [1.165, 1.54) is 16.3 Å². The molecule has 0 fully saturated rings. The molecule has 0 aliphatic heterocycles. The van der Waals surface area contributed by atoms with E-state index in [1.807, 2.05) is 0 Å². The van der Waals surface area contributed by atoms with Crippen molar-refractivity contribution in [3.05, 3.63) is 71.5 Å². The highest BCUT2D eigenvalue weighted by Gasteiger charge is 2.10. The average Bonchev–Trinajstić information content (AvgIpc) is 2.49. The number of nitrogens with zero attached hydrogens (tertiary/aromatic N) is 1. The molecule has 20 heavy (non-hydrogen) atoms. The second-order valence-corrected chi connectivity index (χ2v) is 5.20. The third kappa shape index (κ3) is 2.47. The largest absolute Gasteiger partial charge is 0.376 e. The Labute approximate surface area is 123 Å². The Morgan fingerprint density at radius 3 is 2.70 bits per heavy atom. The van der Waals surface area contributed by atoms with E-state index in [0.29, 0.717) is 5.02 Å². The molecule has 0 aliphatic rings. The molecule has 1 unspecified atom stereocenters. The second-order valence-electron chi connectivity index (χ2n) is 4.79. The van der Waals surface area contributed by atoms with Crippen LogP contribution in [0, 0.1) is 0 Å². The van der Waals surface area contributed by atoms with Crippen LogP contribution in [0.5, 0.6) is 0 Å². The minimum absolute atomic E-state index is 0.155. The minimum atomic E-state index is 0.155. The SMILES string of the molecule is CC(Nc1cnccc1Cl)c1cccc2ccccc12. The lowest BCUT2D eigenvalue weighted by molar-refractivity contribution is 0.892. The normalized spacial score (nSPS) is 12.3. The van der Waals surface area contributed by atoms with E-state index in [-0.39, 0.29) is 6.04 Å². The molecule has 3 rings (SSSR count). The van der Waals surface area contributed by atoms with Gasteiger partial charge in [0, 0.05) is 12.2 Å². The fourth-order valence-electron chi connectivity index (χ4n) is 2.42. The van der Waals surface area contributed by atoms with Crippen molar-refractivity contribution in [1.82, 2.24) is 4.98 Å². The Hall–Kier alpha value is -2.06. The Kier molecular flexibility index (Phi) is 3.57. The molecule has 100 valence electrons. The first kappa shape index (κ1) is 12.9. The second kappa shape index (κ2) is 5.51. The zero-order valence-corrected chi connectivity index (χ0v) is 11.9. The Morgan fingerprint density at radius 1 is 1.05 bits per heavy atom. The average molecular weight is 283 g/mol. The highest BCUT2D eigenvalue weighted by atomic mass is 35.5. The summed E-state index contributed by atoms with van der Waals surface area (Å²) in [4.78, 5) is 4.11. The predicted octanol–water partition coefficient (Wildman–Crippen LogP) is 5.06. The van der Waals surface area contributed by atoms with Crippen LogP contribution >= 0.6 is 11.6 Å². The number of benzene rings is 2. The summed E-state index contributed by atoms with van der Waals surface area (Å²) in [7, 11) is 0. The fourth-order valence-corrected chi connectivity index (χ4v) is 2.58. The number of fused-ring (bicyclic) bond motifs is 1. The number of anilines is 1. The summed E-state index contributed by atoms with van der Waals surface area (Å²) in [6, 6.07) is 16.7. The molecule has 2 aromatic carbocycles. The van der Waals surface area contributed by atoms with Crippen LogP contribution in [0.3, 0.4) is 0 Å². The van der Waals surface area contributed by atoms with Gasteiger partial charge in [0.25, 0.3) is 0 Å². The van der Waals surface area contributed by atoms with Gasteiger partial charge < -0.3 is 5.32 Å². The maximum absolute atomic E-state index is 6.17. The van der Waals surface area contributed by atoms with Gasteiger partial charge in [-0.25, -0.2) is 0 Å². The van der Waals surface area contributed by atoms with Crippen molar-refractivity contribution in [2.75, 3.05) is 5.32 Å². The summed E-state index contributed by atoms with van der Waals surface area (Å²) in [5, 5.41) is 6.62. The van der Waals surface area contributed by atoms with Crippen LogP contribution < -0.4 is 5.32 Å². The maximum Gasteiger partial charge on any atom is 0.0720 e. The molecule has 1 atom stereocenters. The fraction of sp³-hybridized carbons (Fsp3) is 0.118. The van der Waals surface area contributed by atoms with E-state index < -0.39 is 0 Å². The number of hydrogen-bond acceptors (Lipinski definition) is 2. The number of rotatable bonds is 3. The van der Waals surface area contributed by atoms with Crippen molar-refractivity contribution in [3.63, 3.8) is 0 Å². The molecule has 3 aromatic rings. The zero-order chi connectivity index (χ0) is 13.9. The van der Waals surface area contributed by atoms with Crippen molar-refractivity contribution < 1.29 is 0 Å². The topological polar surface area (TPSA) is 24.9 Å². The standard InChI is InChI=1S/C17H15ClN2/c1-12(20-17-11-19-10-9-16(17)18)14-8-4-6-13-5-2-3-7-15(13)14/h2-12,20H,1H3. The Balaban J connectivity index is 1.97. The molecule has 1 aromatic heterocycles. The van der Waals surface area contributed by atoms with E-state index in [4.69, 9.17) is 11.6 Å². The predicted molar refractivity (Wildman–Crippen MR) is 85.2 cm³/mol. The lowest BCUT2D eigenvalue weighted by Crippen LogP contribution is -2.07. The molecule has 0 amide bonds. The number of halogens is 1. The quantitative estimate of drug-likeness (QED) is 0.726. The lowest BCUT2D eigenvalue weighted by Gasteiger charge is -2.18. The summed E-state index contributed by atoms with van der Waals surface area (Å²) in [6.07, 6.45) is 3.44. The van der Waals surface area contributed by atoms with Crippen LogP contribution in [-0.2, 0) is 0 Å². The van der Waals surface area contributed by atoms with Crippen LogP contribution in [0.4, 0.5) is 5.69 Å². The zero-order valence-electron chi connectivity index (χ0n) is 11.2. The smallest absolute Gasteiger partial charge is 0.0720 e. The molecular formula is C17H15ClN2. The molecule has 0 radical (unpaired) electrons. The molecule has 1 heterocycles. The van der Waals surface area contributed by atoms with Gasteiger partial charge in [0.15, 0.2) is 0 Å². The van der Waals surface area contributed by atoms with Crippen molar-refractivity contribution in [3.8, 4) is 0 Å². The minimum Gasteiger partial charge on any atom is -0.376 e. The van der Waals surface area contributed by atoms with Gasteiger partial charge in [-0.3, -0.25) is 4.98 Å². The van der Waals surface area contributed by atoms with Gasteiger partial charge in [-0.15, -0.1) is 0 Å². The van der Waals surface area contributed by atoms with Crippen LogP contribution in [-0.4, -0.2) is 4.98 Å². The first-order chi connectivity index (χ1) is 9.75. The van der Waals surface area contributed by atoms with Gasteiger partial charge in [-0.05, 0) is 29.3 Å². The van der Waals surface area contributed by atoms with Crippen LogP contribution in [0.2, 0.25) is 5.02 Å². The summed E-state index contributed by atoms with van der Waals surface area (Å²) in [6.45, 7) is 2.13. The molecule has 0 aliphatic carbocycles. The summed E-state index contributed by atoms with van der Waals surface area (Å²) >= 11 is 6.17. The summed E-state index contributed by atoms with van der Waals surface area (Å²) in [5.74, 6) is 0. The lowest BCUT2D eigenvalue weighted by atomic mass is 9.99. The van der Waals surface area contributed by atoms with E-state index in [0.717, 1.165) is 5.69 Å². The van der Waals surface area contributed by atoms with Gasteiger partial charge in [0.1, 0.15) is 0 Å². The van der Waals surface area contributed by atoms with E-state index in [1.54, 1.807) is 18.5 Å². The molecule has 3 heteroatoms. The van der Waals surface area contributed by atoms with Gasteiger partial charge in [-0.2, -0.15) is 0 Å². The van der Waals surface area contributed by atoms with Crippen molar-refractivity contribution >= 4 is 28.1 Å². The third-order valence-corrected chi connectivity index (χ3v) is 3.76. The number of nitrogens with one attached hydrogen (secondary N) is 1. The number of pyridine rings is 1. The van der Waals surface area contributed by atoms with E-state index in [2.05, 4.69) is 59.7 Å². The van der Waals surface area contributed by atoms with Crippen LogP contribution in [0.25, 0.3) is 10.8 Å². The molecular weight excluding hydrogens is 268 g/mol. The Bertz CT molecular complexity index is 734. The highest BCUT2D eigenvalue weighted by molar-refractivity contribution is 6.33. The highest BCUT2D eigenvalue weighted by Crippen LogP contribution is 2.29. The van der Waals surface area contributed by atoms with Gasteiger partial charge >= 0.3 is 0 Å². The summed E-state index contributed by atoms with van der Waals surface area (Å²) < 4.78 is 0. The molecule has 0 saturated carbocycles. The Morgan fingerprint density at radius 2 is 1.85 bits per heavy atom. The monoisotopic (exact) mass is 282 g/mol. The van der Waals surface area contributed by atoms with Crippen LogP contribution in [0.1, 0.15) is 18.5 Å². The van der Waals surface area contributed by atoms with Crippen LogP contribution in [0.15, 0.2) is 60.9 Å². The number of aromatic nitrogens is 1. The van der Waals surface area contributed by atoms with Gasteiger partial charge in [0.05, 0.1) is 16.9 Å². The van der Waals surface area contributed by atoms with Crippen molar-refractivity contribution in [2.24, 2.45) is 0 Å². The molecule has 0 saturated heterocycles. The summed E-state index contributed by atoms with van der Waals surface area (Å²) in [5.41, 5.74) is 2.11. The van der Waals surface area contributed by atoms with E-state index >= 15 is 0 Å². The molecule has 0 bridgehead atoms. The first-order valence-electron chi connectivity index (χ1n) is 6.59. The molecule has 2 nitrogen and oxygen atoms in total. The van der Waals surface area contributed by atoms with Crippen molar-refractivity contribution in [1.29, 1.82) is 0 Å². The van der Waals surface area contributed by atoms with Gasteiger partial charge in [-0.1, -0.05) is 54.1 Å². The molecule has 1 N–H and O–H groups in total. The third-order valence-electron chi connectivity index (χ3n) is 3.43. The first-order valence-corrected chi connectivity index (χ1v) is 6.97. The van der Waals surface area contributed by atoms with Gasteiger partial charge in [0.2, 0.25) is 0 Å². The molecule has 0 spiro atoms.